The molecule has 5 atom stereocenters. The second-order valence-corrected chi connectivity index (χ2v) is 6.24. The van der Waals surface area contributed by atoms with Crippen LogP contribution >= 0.6 is 0 Å². The second kappa shape index (κ2) is 6.17. The smallest absolute Gasteiger partial charge is 0.179 e. The third-order valence-electron chi connectivity index (χ3n) is 4.48. The van der Waals surface area contributed by atoms with Crippen molar-refractivity contribution in [1.82, 2.24) is 4.90 Å². The van der Waals surface area contributed by atoms with Crippen LogP contribution in [0.2, 0.25) is 0 Å². The summed E-state index contributed by atoms with van der Waals surface area (Å²) < 4.78 is 5.55. The van der Waals surface area contributed by atoms with Gasteiger partial charge in [-0.15, -0.1) is 6.58 Å². The molecule has 3 aliphatic rings. The molecule has 0 amide bonds. The number of rotatable bonds is 5. The molecule has 1 fully saturated rings. The summed E-state index contributed by atoms with van der Waals surface area (Å²) in [5.74, 6) is 0.470. The van der Waals surface area contributed by atoms with Crippen molar-refractivity contribution in [3.8, 4) is 0 Å². The lowest BCUT2D eigenvalue weighted by atomic mass is 9.89. The van der Waals surface area contributed by atoms with Crippen molar-refractivity contribution in [2.24, 2.45) is 15.0 Å². The van der Waals surface area contributed by atoms with Gasteiger partial charge in [-0.25, -0.2) is 9.98 Å². The number of aliphatic imine (C=N–C) groups is 3. The summed E-state index contributed by atoms with van der Waals surface area (Å²) in [5, 5.41) is 37.6. The van der Waals surface area contributed by atoms with Crippen LogP contribution in [0.5, 0.6) is 0 Å². The van der Waals surface area contributed by atoms with Crippen LogP contribution in [-0.2, 0) is 4.74 Å². The fourth-order valence-corrected chi connectivity index (χ4v) is 3.06. The van der Waals surface area contributed by atoms with Crippen molar-refractivity contribution in [2.45, 2.75) is 49.8 Å². The van der Waals surface area contributed by atoms with E-state index in [0.717, 1.165) is 5.57 Å². The molecule has 9 heteroatoms. The highest BCUT2D eigenvalue weighted by molar-refractivity contribution is 6.24. The number of aliphatic hydroxyl groups is 3. The van der Waals surface area contributed by atoms with Crippen LogP contribution < -0.4 is 0 Å². The van der Waals surface area contributed by atoms with Crippen LogP contribution in [-0.4, -0.2) is 81.3 Å². The Morgan fingerprint density at radius 1 is 1.46 bits per heavy atom. The second-order valence-electron chi connectivity index (χ2n) is 6.24. The van der Waals surface area contributed by atoms with Gasteiger partial charge in [0, 0.05) is 0 Å². The van der Waals surface area contributed by atoms with Crippen molar-refractivity contribution in [3.63, 3.8) is 0 Å². The summed E-state index contributed by atoms with van der Waals surface area (Å²) in [4.78, 5) is 14.1. The van der Waals surface area contributed by atoms with Gasteiger partial charge in [0.2, 0.25) is 0 Å². The Balaban J connectivity index is 1.89. The summed E-state index contributed by atoms with van der Waals surface area (Å²) in [6.07, 6.45) is -0.457. The largest absolute Gasteiger partial charge is 0.394 e. The first-order valence-corrected chi connectivity index (χ1v) is 7.71. The van der Waals surface area contributed by atoms with E-state index < -0.39 is 36.7 Å². The zero-order valence-corrected chi connectivity index (χ0v) is 13.3. The molecule has 0 spiro atoms. The van der Waals surface area contributed by atoms with Gasteiger partial charge in [0.1, 0.15) is 30.5 Å². The fourth-order valence-electron chi connectivity index (χ4n) is 3.06. The molecule has 0 saturated carbocycles. The number of fused-ring (bicyclic) bond motifs is 1. The molecule has 1 unspecified atom stereocenters. The standard InChI is InChI=1S/C15H21N5O4/c1-8(2)3-4-15-13(16)17-6-18-14(15)20(7-19-15)12-11(23)10(22)9(5-21)24-12/h6-7,9-12,16,21-23H,1,3-5H2,2H3/t9-,10-,11-,12-,15?/m1/s1. The summed E-state index contributed by atoms with van der Waals surface area (Å²) >= 11 is 0. The Hall–Kier alpha value is -1.94. The average molecular weight is 335 g/mol. The monoisotopic (exact) mass is 335 g/mol. The van der Waals surface area contributed by atoms with Crippen LogP contribution in [0.25, 0.3) is 0 Å². The van der Waals surface area contributed by atoms with Gasteiger partial charge in [0.15, 0.2) is 17.6 Å². The number of amidine groups is 2. The topological polar surface area (TPSA) is 134 Å². The predicted molar refractivity (Wildman–Crippen MR) is 88.5 cm³/mol. The van der Waals surface area contributed by atoms with Crippen molar-refractivity contribution in [2.75, 3.05) is 6.61 Å². The predicted octanol–water partition coefficient (Wildman–Crippen LogP) is -0.718. The first-order valence-electron chi connectivity index (χ1n) is 7.71. The zero-order valence-electron chi connectivity index (χ0n) is 13.3. The lowest BCUT2D eigenvalue weighted by Gasteiger charge is -2.33. The van der Waals surface area contributed by atoms with Gasteiger partial charge in [-0.05, 0) is 19.8 Å². The lowest BCUT2D eigenvalue weighted by Crippen LogP contribution is -2.53. The summed E-state index contributed by atoms with van der Waals surface area (Å²) in [6, 6.07) is 0. The highest BCUT2D eigenvalue weighted by Crippen LogP contribution is 2.35. The molecule has 3 aliphatic heterocycles. The van der Waals surface area contributed by atoms with Gasteiger partial charge in [-0.3, -0.25) is 15.3 Å². The Morgan fingerprint density at radius 3 is 2.83 bits per heavy atom. The molecule has 0 radical (unpaired) electrons. The zero-order chi connectivity index (χ0) is 17.5. The quantitative estimate of drug-likeness (QED) is 0.492. The Bertz CT molecular complexity index is 646. The molecule has 24 heavy (non-hydrogen) atoms. The minimum Gasteiger partial charge on any atom is -0.394 e. The summed E-state index contributed by atoms with van der Waals surface area (Å²) in [6.45, 7) is 5.36. The number of hydrogen-bond donors (Lipinski definition) is 4. The molecule has 3 heterocycles. The minimum absolute atomic E-state index is 0.0549. The summed E-state index contributed by atoms with van der Waals surface area (Å²) in [7, 11) is 0. The molecule has 0 bridgehead atoms. The number of allylic oxidation sites excluding steroid dienone is 1. The van der Waals surface area contributed by atoms with Crippen molar-refractivity contribution < 1.29 is 20.1 Å². The van der Waals surface area contributed by atoms with E-state index in [-0.39, 0.29) is 5.84 Å². The number of hydrogen-bond acceptors (Lipinski definition) is 8. The molecule has 3 rings (SSSR count). The van der Waals surface area contributed by atoms with Gasteiger partial charge in [-0.1, -0.05) is 5.57 Å². The van der Waals surface area contributed by atoms with Gasteiger partial charge < -0.3 is 20.1 Å². The number of nitrogens with one attached hydrogen (secondary N) is 1. The molecule has 0 aromatic carbocycles. The van der Waals surface area contributed by atoms with Gasteiger partial charge in [-0.2, -0.15) is 0 Å². The number of ether oxygens (including phenoxy) is 1. The van der Waals surface area contributed by atoms with E-state index in [1.807, 2.05) is 6.92 Å². The first-order chi connectivity index (χ1) is 11.4. The molecule has 1 saturated heterocycles. The maximum Gasteiger partial charge on any atom is 0.179 e. The molecular weight excluding hydrogens is 314 g/mol. The highest BCUT2D eigenvalue weighted by Gasteiger charge is 2.54. The third kappa shape index (κ3) is 2.49. The molecule has 9 nitrogen and oxygen atoms in total. The summed E-state index contributed by atoms with van der Waals surface area (Å²) in [5.41, 5.74) is -0.0911. The number of nitrogens with zero attached hydrogens (tertiary/aromatic N) is 4. The van der Waals surface area contributed by atoms with E-state index in [1.165, 1.54) is 17.6 Å². The van der Waals surface area contributed by atoms with Gasteiger partial charge in [0.25, 0.3) is 0 Å². The maximum absolute atomic E-state index is 10.2. The molecule has 130 valence electrons. The maximum atomic E-state index is 10.2. The van der Waals surface area contributed by atoms with E-state index >= 15 is 0 Å². The molecule has 0 aromatic rings. The van der Waals surface area contributed by atoms with Crippen molar-refractivity contribution in [1.29, 1.82) is 5.41 Å². The van der Waals surface area contributed by atoms with Crippen LogP contribution in [0, 0.1) is 5.41 Å². The van der Waals surface area contributed by atoms with Gasteiger partial charge in [0.05, 0.1) is 12.9 Å². The molecule has 0 aromatic heterocycles. The van der Waals surface area contributed by atoms with E-state index in [9.17, 15) is 15.3 Å². The van der Waals surface area contributed by atoms with Crippen LogP contribution in [0.4, 0.5) is 0 Å². The fraction of sp³-hybridized carbons (Fsp3) is 0.600. The number of aliphatic hydroxyl groups excluding tert-OH is 3. The molecular formula is C15H21N5O4. The third-order valence-corrected chi connectivity index (χ3v) is 4.48. The Kier molecular flexibility index (Phi) is 4.35. The van der Waals surface area contributed by atoms with Crippen LogP contribution in [0.15, 0.2) is 27.1 Å². The van der Waals surface area contributed by atoms with E-state index in [4.69, 9.17) is 10.1 Å². The van der Waals surface area contributed by atoms with E-state index in [0.29, 0.717) is 18.7 Å². The average Bonchev–Trinajstić information content (AvgIpc) is 3.06. The first kappa shape index (κ1) is 16.9. The molecule has 0 aliphatic carbocycles. The van der Waals surface area contributed by atoms with Crippen molar-refractivity contribution >= 4 is 24.3 Å². The van der Waals surface area contributed by atoms with Crippen molar-refractivity contribution in [3.05, 3.63) is 12.2 Å². The SMILES string of the molecule is C=C(C)CCC12N=CN([C@@H]3O[C@H](CO)[C@@H](O)[C@H]3O)C1=NC=NC2=N. The van der Waals surface area contributed by atoms with E-state index in [1.54, 1.807) is 0 Å². The Labute approximate surface area is 139 Å². The Morgan fingerprint density at radius 2 is 2.21 bits per heavy atom. The minimum atomic E-state index is -1.23. The van der Waals surface area contributed by atoms with Gasteiger partial charge >= 0.3 is 0 Å². The highest BCUT2D eigenvalue weighted by atomic mass is 16.6. The lowest BCUT2D eigenvalue weighted by molar-refractivity contribution is -0.0512. The van der Waals surface area contributed by atoms with E-state index in [2.05, 4.69) is 21.6 Å². The molecule has 4 N–H and O–H groups in total. The van der Waals surface area contributed by atoms with Crippen LogP contribution in [0.1, 0.15) is 19.8 Å². The van der Waals surface area contributed by atoms with Crippen LogP contribution in [0.3, 0.4) is 0 Å². The normalized spacial score (nSPS) is 37.8.